The van der Waals surface area contributed by atoms with Crippen LogP contribution < -0.4 is 0 Å². The average molecular weight is 419 g/mol. The van der Waals surface area contributed by atoms with Crippen molar-refractivity contribution in [3.63, 3.8) is 0 Å². The number of hydrogen-bond acceptors (Lipinski definition) is 4. The van der Waals surface area contributed by atoms with Gasteiger partial charge in [0.25, 0.3) is 0 Å². The second-order valence-corrected chi connectivity index (χ2v) is 8.01. The molecule has 1 heterocycles. The van der Waals surface area contributed by atoms with Crippen LogP contribution in [0, 0.1) is 0 Å². The first-order valence-electron chi connectivity index (χ1n) is 10.6. The molecule has 160 valence electrons. The van der Waals surface area contributed by atoms with Crippen molar-refractivity contribution in [1.29, 1.82) is 0 Å². The maximum Gasteiger partial charge on any atom is 0.334 e. The van der Waals surface area contributed by atoms with E-state index >= 15 is 0 Å². The Morgan fingerprint density at radius 3 is 1.84 bits per heavy atom. The van der Waals surface area contributed by atoms with Gasteiger partial charge in [-0.05, 0) is 24.0 Å². The minimum Gasteiger partial charge on any atom is -0.332 e. The minimum absolute atomic E-state index is 0.242. The van der Waals surface area contributed by atoms with Crippen molar-refractivity contribution in [2.24, 2.45) is 0 Å². The molecule has 0 atom stereocenters. The lowest BCUT2D eigenvalue weighted by atomic mass is 10.1. The molecule has 0 bridgehead atoms. The maximum absolute atomic E-state index is 13.2. The molecule has 0 N–H and O–H groups in total. The monoisotopic (exact) mass is 419 g/mol. The summed E-state index contributed by atoms with van der Waals surface area (Å²) in [5.41, 5.74) is 1.88. The summed E-state index contributed by atoms with van der Waals surface area (Å²) in [6.07, 6.45) is 3.27. The number of nitrogens with zero attached hydrogens (tertiary/aromatic N) is 3. The van der Waals surface area contributed by atoms with Gasteiger partial charge < -0.3 is 4.90 Å². The van der Waals surface area contributed by atoms with Gasteiger partial charge in [0.15, 0.2) is 0 Å². The van der Waals surface area contributed by atoms with Gasteiger partial charge in [-0.1, -0.05) is 73.5 Å². The van der Waals surface area contributed by atoms with Gasteiger partial charge in [-0.25, -0.2) is 9.69 Å². The molecule has 31 heavy (non-hydrogen) atoms. The van der Waals surface area contributed by atoms with Crippen molar-refractivity contribution in [3.8, 4) is 0 Å². The first-order valence-corrected chi connectivity index (χ1v) is 10.6. The molecule has 1 aliphatic carbocycles. The highest BCUT2D eigenvalue weighted by Gasteiger charge is 2.48. The van der Waals surface area contributed by atoms with E-state index < -0.39 is 24.4 Å². The highest BCUT2D eigenvalue weighted by atomic mass is 16.2. The van der Waals surface area contributed by atoms with Crippen LogP contribution in [0.25, 0.3) is 0 Å². The lowest BCUT2D eigenvalue weighted by Crippen LogP contribution is -2.44. The fourth-order valence-electron chi connectivity index (χ4n) is 4.22. The van der Waals surface area contributed by atoms with Gasteiger partial charge in [0.2, 0.25) is 5.91 Å². The molecule has 5 amide bonds. The van der Waals surface area contributed by atoms with Gasteiger partial charge in [0, 0.05) is 19.1 Å². The number of carbonyl (C=O) groups is 4. The lowest BCUT2D eigenvalue weighted by molar-refractivity contribution is -0.145. The van der Waals surface area contributed by atoms with E-state index in [1.807, 2.05) is 60.7 Å². The Kier molecular flexibility index (Phi) is 6.11. The third kappa shape index (κ3) is 4.50. The molecule has 0 aromatic heterocycles. The number of urea groups is 1. The maximum atomic E-state index is 13.2. The zero-order valence-corrected chi connectivity index (χ0v) is 17.3. The number of hydrogen-bond donors (Lipinski definition) is 0. The average Bonchev–Trinajstić information content (AvgIpc) is 3.38. The molecule has 7 heteroatoms. The molecule has 0 unspecified atom stereocenters. The number of rotatable bonds is 7. The minimum atomic E-state index is -0.912. The van der Waals surface area contributed by atoms with Crippen molar-refractivity contribution in [1.82, 2.24) is 14.7 Å². The molecule has 1 saturated heterocycles. The van der Waals surface area contributed by atoms with Crippen molar-refractivity contribution < 1.29 is 19.2 Å². The van der Waals surface area contributed by atoms with Crippen LogP contribution in [0.15, 0.2) is 60.7 Å². The molecule has 2 fully saturated rings. The second-order valence-electron chi connectivity index (χ2n) is 8.01. The van der Waals surface area contributed by atoms with Crippen LogP contribution in [0.5, 0.6) is 0 Å². The zero-order valence-electron chi connectivity index (χ0n) is 17.3. The summed E-state index contributed by atoms with van der Waals surface area (Å²) in [5.74, 6) is -2.11. The van der Waals surface area contributed by atoms with Crippen molar-refractivity contribution in [3.05, 3.63) is 71.8 Å². The van der Waals surface area contributed by atoms with Crippen LogP contribution in [-0.4, -0.2) is 51.0 Å². The summed E-state index contributed by atoms with van der Waals surface area (Å²) in [7, 11) is 0. The third-order valence-electron chi connectivity index (χ3n) is 5.85. The summed E-state index contributed by atoms with van der Waals surface area (Å²) >= 11 is 0. The molecule has 7 nitrogen and oxygen atoms in total. The van der Waals surface area contributed by atoms with E-state index in [1.165, 1.54) is 0 Å². The summed E-state index contributed by atoms with van der Waals surface area (Å²) in [4.78, 5) is 54.4. The Hall–Kier alpha value is -3.48. The SMILES string of the molecule is O=C(CN1C(=O)C(=O)N(C2CCCC2)C1=O)N(Cc1ccccc1)Cc1ccccc1. The Labute approximate surface area is 181 Å². The first kappa shape index (κ1) is 20.8. The summed E-state index contributed by atoms with van der Waals surface area (Å²) in [6.45, 7) is 0.239. The fourth-order valence-corrected chi connectivity index (χ4v) is 4.22. The van der Waals surface area contributed by atoms with Crippen LogP contribution in [0.2, 0.25) is 0 Å². The third-order valence-corrected chi connectivity index (χ3v) is 5.85. The smallest absolute Gasteiger partial charge is 0.332 e. The lowest BCUT2D eigenvalue weighted by Gasteiger charge is -2.25. The van der Waals surface area contributed by atoms with Gasteiger partial charge in [-0.15, -0.1) is 0 Å². The van der Waals surface area contributed by atoms with E-state index in [0.717, 1.165) is 33.8 Å². The van der Waals surface area contributed by atoms with Crippen molar-refractivity contribution in [2.45, 2.75) is 44.8 Å². The standard InChI is InChI=1S/C24H25N3O4/c28-21(17-26-22(29)23(30)27(24(26)31)20-13-7-8-14-20)25(15-18-9-3-1-4-10-18)16-19-11-5-2-6-12-19/h1-6,9-12,20H,7-8,13-17H2. The van der Waals surface area contributed by atoms with Crippen LogP contribution in [-0.2, 0) is 27.5 Å². The quantitative estimate of drug-likeness (QED) is 0.511. The van der Waals surface area contributed by atoms with Crippen LogP contribution >= 0.6 is 0 Å². The van der Waals surface area contributed by atoms with Gasteiger partial charge in [-0.3, -0.25) is 19.3 Å². The van der Waals surface area contributed by atoms with Gasteiger partial charge in [0.1, 0.15) is 6.54 Å². The molecule has 1 aliphatic heterocycles. The molecule has 2 aromatic rings. The Morgan fingerprint density at radius 1 is 0.806 bits per heavy atom. The Balaban J connectivity index is 1.51. The highest BCUT2D eigenvalue weighted by molar-refractivity contribution is 6.45. The van der Waals surface area contributed by atoms with E-state index in [4.69, 9.17) is 0 Å². The van der Waals surface area contributed by atoms with Crippen LogP contribution in [0.3, 0.4) is 0 Å². The van der Waals surface area contributed by atoms with E-state index in [2.05, 4.69) is 0 Å². The van der Waals surface area contributed by atoms with Crippen LogP contribution in [0.4, 0.5) is 4.79 Å². The van der Waals surface area contributed by atoms with Gasteiger partial charge in [0.05, 0.1) is 0 Å². The normalized spacial score (nSPS) is 17.0. The van der Waals surface area contributed by atoms with E-state index in [9.17, 15) is 19.2 Å². The molecule has 0 spiro atoms. The second kappa shape index (κ2) is 9.12. The predicted molar refractivity (Wildman–Crippen MR) is 113 cm³/mol. The molecular weight excluding hydrogens is 394 g/mol. The van der Waals surface area contributed by atoms with E-state index in [0.29, 0.717) is 25.9 Å². The predicted octanol–water partition coefficient (Wildman–Crippen LogP) is 2.95. The summed E-state index contributed by atoms with van der Waals surface area (Å²) in [5, 5.41) is 0. The molecule has 2 aliphatic rings. The largest absolute Gasteiger partial charge is 0.334 e. The van der Waals surface area contributed by atoms with Crippen molar-refractivity contribution >= 4 is 23.8 Å². The van der Waals surface area contributed by atoms with Gasteiger partial charge >= 0.3 is 17.8 Å². The Bertz CT molecular complexity index is 929. The molecule has 4 rings (SSSR count). The van der Waals surface area contributed by atoms with Gasteiger partial charge in [-0.2, -0.15) is 0 Å². The zero-order chi connectivity index (χ0) is 21.8. The van der Waals surface area contributed by atoms with E-state index in [1.54, 1.807) is 4.90 Å². The molecule has 0 radical (unpaired) electrons. The van der Waals surface area contributed by atoms with Crippen molar-refractivity contribution in [2.75, 3.05) is 6.54 Å². The molecular formula is C24H25N3O4. The summed E-state index contributed by atoms with van der Waals surface area (Å²) in [6, 6.07) is 18.1. The summed E-state index contributed by atoms with van der Waals surface area (Å²) < 4.78 is 0. The number of imide groups is 2. The number of amides is 5. The number of carbonyl (C=O) groups excluding carboxylic acids is 4. The number of benzene rings is 2. The first-order chi connectivity index (χ1) is 15.0. The van der Waals surface area contributed by atoms with Crippen LogP contribution in [0.1, 0.15) is 36.8 Å². The molecule has 1 saturated carbocycles. The van der Waals surface area contributed by atoms with E-state index in [-0.39, 0.29) is 11.9 Å². The highest BCUT2D eigenvalue weighted by Crippen LogP contribution is 2.27. The fraction of sp³-hybridized carbons (Fsp3) is 0.333. The topological polar surface area (TPSA) is 78.0 Å². The molecule has 2 aromatic carbocycles. The Morgan fingerprint density at radius 2 is 1.32 bits per heavy atom.